The van der Waals surface area contributed by atoms with Crippen LogP contribution in [-0.4, -0.2) is 5.97 Å². The zero-order valence-corrected chi connectivity index (χ0v) is 21.9. The summed E-state index contributed by atoms with van der Waals surface area (Å²) in [6, 6.07) is 11.0. The van der Waals surface area contributed by atoms with Gasteiger partial charge >= 0.3 is 12.1 Å². The molecule has 4 aromatic rings. The minimum atomic E-state index is -5.06. The van der Waals surface area contributed by atoms with Gasteiger partial charge in [0.25, 0.3) is 5.76 Å². The fraction of sp³-hybridized carbons (Fsp3) is 0.111. The van der Waals surface area contributed by atoms with Crippen LogP contribution in [0.25, 0.3) is 17.0 Å². The lowest BCUT2D eigenvalue weighted by atomic mass is 10.1. The average Bonchev–Trinajstić information content (AvgIpc) is 2.84. The lowest BCUT2D eigenvalue weighted by molar-refractivity contribution is -0.154. The van der Waals surface area contributed by atoms with Crippen molar-refractivity contribution >= 4 is 57.8 Å². The topological polar surface area (TPSA) is 65.7 Å². The molecule has 4 rings (SSSR count). The third-order valence-electron chi connectivity index (χ3n) is 5.28. The standard InChI is InChI=1S/C27H16Cl3F3O5/c1-13-9-17(10-14(2)23(13)30)37-25-24(35)18-6-5-16(12-21(18)38-26(25)27(31,32)33)36-22(34)8-4-15-3-7-19(28)20(29)11-15/h3-12H,1-2H3. The highest BCUT2D eigenvalue weighted by atomic mass is 35.5. The van der Waals surface area contributed by atoms with Crippen LogP contribution in [0.4, 0.5) is 13.2 Å². The first kappa shape index (κ1) is 27.6. The van der Waals surface area contributed by atoms with E-state index < -0.39 is 34.7 Å². The van der Waals surface area contributed by atoms with Crippen molar-refractivity contribution in [2.75, 3.05) is 0 Å². The summed E-state index contributed by atoms with van der Waals surface area (Å²) in [5.74, 6) is -3.65. The maximum Gasteiger partial charge on any atom is 0.453 e. The second kappa shape index (κ2) is 10.7. The van der Waals surface area contributed by atoms with E-state index in [0.717, 1.165) is 12.1 Å². The van der Waals surface area contributed by atoms with Gasteiger partial charge in [0.1, 0.15) is 17.1 Å². The Morgan fingerprint density at radius 2 is 1.61 bits per heavy atom. The number of esters is 1. The van der Waals surface area contributed by atoms with Gasteiger partial charge in [-0.25, -0.2) is 4.79 Å². The Balaban J connectivity index is 1.67. The second-order valence-corrected chi connectivity index (χ2v) is 9.34. The number of fused-ring (bicyclic) bond motifs is 1. The van der Waals surface area contributed by atoms with Gasteiger partial charge < -0.3 is 13.9 Å². The van der Waals surface area contributed by atoms with E-state index >= 15 is 0 Å². The molecule has 11 heteroatoms. The van der Waals surface area contributed by atoms with E-state index in [-0.39, 0.29) is 21.9 Å². The van der Waals surface area contributed by atoms with Crippen molar-refractivity contribution in [2.45, 2.75) is 20.0 Å². The quantitative estimate of drug-likeness (QED) is 0.133. The van der Waals surface area contributed by atoms with Crippen molar-refractivity contribution in [1.82, 2.24) is 0 Å². The molecule has 196 valence electrons. The smallest absolute Gasteiger partial charge is 0.449 e. The Labute approximate surface area is 228 Å². The van der Waals surface area contributed by atoms with E-state index in [9.17, 15) is 22.8 Å². The highest BCUT2D eigenvalue weighted by Gasteiger charge is 2.40. The molecule has 0 aliphatic heterocycles. The van der Waals surface area contributed by atoms with Crippen LogP contribution >= 0.6 is 34.8 Å². The summed E-state index contributed by atoms with van der Waals surface area (Å²) in [7, 11) is 0. The molecule has 0 fully saturated rings. The molecule has 0 unspecified atom stereocenters. The molecule has 3 aromatic carbocycles. The molecule has 1 aromatic heterocycles. The normalized spacial score (nSPS) is 11.8. The molecule has 0 aliphatic carbocycles. The van der Waals surface area contributed by atoms with Crippen LogP contribution in [0.2, 0.25) is 15.1 Å². The molecule has 0 aliphatic rings. The zero-order chi connectivity index (χ0) is 27.8. The summed E-state index contributed by atoms with van der Waals surface area (Å²) in [4.78, 5) is 25.3. The van der Waals surface area contributed by atoms with E-state index in [1.54, 1.807) is 26.0 Å². The lowest BCUT2D eigenvalue weighted by Crippen LogP contribution is -2.15. The molecule has 0 spiro atoms. The zero-order valence-electron chi connectivity index (χ0n) is 19.6. The number of benzene rings is 3. The van der Waals surface area contributed by atoms with Crippen molar-refractivity contribution in [1.29, 1.82) is 0 Å². The first-order chi connectivity index (χ1) is 17.8. The molecule has 1 heterocycles. The van der Waals surface area contributed by atoms with Gasteiger partial charge in [-0.3, -0.25) is 4.79 Å². The second-order valence-electron chi connectivity index (χ2n) is 8.15. The van der Waals surface area contributed by atoms with Crippen molar-refractivity contribution in [3.63, 3.8) is 0 Å². The van der Waals surface area contributed by atoms with Crippen LogP contribution < -0.4 is 14.9 Å². The fourth-order valence-electron chi connectivity index (χ4n) is 3.51. The first-order valence-corrected chi connectivity index (χ1v) is 11.9. The molecule has 5 nitrogen and oxygen atoms in total. The average molecular weight is 584 g/mol. The number of ether oxygens (including phenoxy) is 2. The van der Waals surface area contributed by atoms with Gasteiger partial charge in [0.05, 0.1) is 15.4 Å². The van der Waals surface area contributed by atoms with Crippen LogP contribution in [0.15, 0.2) is 63.8 Å². The highest BCUT2D eigenvalue weighted by Crippen LogP contribution is 2.39. The van der Waals surface area contributed by atoms with Crippen molar-refractivity contribution in [2.24, 2.45) is 0 Å². The Bertz CT molecular complexity index is 1640. The number of rotatable bonds is 5. The molecule has 0 bridgehead atoms. The molecule has 0 saturated heterocycles. The Morgan fingerprint density at radius 3 is 2.24 bits per heavy atom. The van der Waals surface area contributed by atoms with Crippen LogP contribution in [0.5, 0.6) is 17.2 Å². The van der Waals surface area contributed by atoms with Gasteiger partial charge in [-0.15, -0.1) is 0 Å². The fourth-order valence-corrected chi connectivity index (χ4v) is 3.93. The van der Waals surface area contributed by atoms with Crippen molar-refractivity contribution < 1.29 is 31.9 Å². The number of carbonyl (C=O) groups excluding carboxylic acids is 1. The van der Waals surface area contributed by atoms with Gasteiger partial charge in [-0.05, 0) is 73.0 Å². The summed E-state index contributed by atoms with van der Waals surface area (Å²) in [5, 5.41) is 0.848. The Morgan fingerprint density at radius 1 is 0.921 bits per heavy atom. The molecular weight excluding hydrogens is 568 g/mol. The van der Waals surface area contributed by atoms with E-state index in [0.29, 0.717) is 26.7 Å². The Hall–Kier alpha value is -3.46. The number of hydrogen-bond acceptors (Lipinski definition) is 5. The maximum absolute atomic E-state index is 13.9. The molecular formula is C27H16Cl3F3O5. The largest absolute Gasteiger partial charge is 0.453 e. The molecule has 0 radical (unpaired) electrons. The monoisotopic (exact) mass is 582 g/mol. The van der Waals surface area contributed by atoms with Crippen molar-refractivity contribution in [3.8, 4) is 17.2 Å². The summed E-state index contributed by atoms with van der Waals surface area (Å²) in [6.45, 7) is 3.30. The molecule has 38 heavy (non-hydrogen) atoms. The SMILES string of the molecule is Cc1cc(Oc2c(C(F)(F)F)oc3cc(OC(=O)C=Cc4ccc(Cl)c(Cl)c4)ccc3c2=O)cc(C)c1Cl. The van der Waals surface area contributed by atoms with Crippen LogP contribution in [-0.2, 0) is 11.0 Å². The van der Waals surface area contributed by atoms with Gasteiger partial charge in [0, 0.05) is 17.2 Å². The van der Waals surface area contributed by atoms with E-state index in [2.05, 4.69) is 0 Å². The molecule has 0 amide bonds. The predicted molar refractivity (Wildman–Crippen MR) is 140 cm³/mol. The molecule has 0 saturated carbocycles. The van der Waals surface area contributed by atoms with Crippen LogP contribution in [0, 0.1) is 13.8 Å². The Kier molecular flexibility index (Phi) is 7.78. The third kappa shape index (κ3) is 5.99. The summed E-state index contributed by atoms with van der Waals surface area (Å²) >= 11 is 17.9. The van der Waals surface area contributed by atoms with Gasteiger partial charge in [-0.1, -0.05) is 40.9 Å². The highest BCUT2D eigenvalue weighted by molar-refractivity contribution is 6.42. The third-order valence-corrected chi connectivity index (χ3v) is 6.62. The predicted octanol–water partition coefficient (Wildman–Crippen LogP) is 8.80. The van der Waals surface area contributed by atoms with E-state index in [4.69, 9.17) is 48.7 Å². The molecule has 0 N–H and O–H groups in total. The first-order valence-electron chi connectivity index (χ1n) is 10.8. The summed E-state index contributed by atoms with van der Waals surface area (Å²) in [5.41, 5.74) is 0.174. The summed E-state index contributed by atoms with van der Waals surface area (Å²) < 4.78 is 57.2. The van der Waals surface area contributed by atoms with E-state index in [1.807, 2.05) is 0 Å². The van der Waals surface area contributed by atoms with Gasteiger partial charge in [0.15, 0.2) is 0 Å². The summed E-state index contributed by atoms with van der Waals surface area (Å²) in [6.07, 6.45) is -2.56. The van der Waals surface area contributed by atoms with Crippen LogP contribution in [0.3, 0.4) is 0 Å². The number of alkyl halides is 3. The van der Waals surface area contributed by atoms with Gasteiger partial charge in [-0.2, -0.15) is 13.2 Å². The van der Waals surface area contributed by atoms with Crippen LogP contribution in [0.1, 0.15) is 22.5 Å². The lowest BCUT2D eigenvalue weighted by Gasteiger charge is -2.14. The number of carbonyl (C=O) groups is 1. The van der Waals surface area contributed by atoms with E-state index in [1.165, 1.54) is 36.4 Å². The minimum Gasteiger partial charge on any atom is -0.449 e. The van der Waals surface area contributed by atoms with Gasteiger partial charge in [0.2, 0.25) is 11.2 Å². The maximum atomic E-state index is 13.9. The minimum absolute atomic E-state index is 0.0131. The van der Waals surface area contributed by atoms with Crippen molar-refractivity contribution in [3.05, 3.63) is 102 Å². The number of hydrogen-bond donors (Lipinski definition) is 0. The number of halogens is 6. The number of aryl methyl sites for hydroxylation is 2. The molecule has 0 atom stereocenters.